The molecule has 3 fully saturated rings. The van der Waals surface area contributed by atoms with Crippen molar-refractivity contribution in [1.29, 1.82) is 0 Å². The predicted octanol–water partition coefficient (Wildman–Crippen LogP) is 2.47. The van der Waals surface area contributed by atoms with Gasteiger partial charge in [0, 0.05) is 19.6 Å². The Labute approximate surface area is 130 Å². The van der Waals surface area contributed by atoms with E-state index in [0.29, 0.717) is 18.9 Å². The molecule has 1 amide bonds. The molecule has 22 heavy (non-hydrogen) atoms. The standard InChI is InChI=1S/C17H23NO4/c19-16(15-3-1-8-20-15)18-7-2-6-17(12-18)9-14(11-22-17)21-10-13-4-5-13/h1,3,8,13-14H,2,4-7,9-12H2/t14-,17-/m1/s1. The van der Waals surface area contributed by atoms with Gasteiger partial charge in [0.2, 0.25) is 0 Å². The van der Waals surface area contributed by atoms with E-state index in [0.717, 1.165) is 38.3 Å². The topological polar surface area (TPSA) is 51.9 Å². The summed E-state index contributed by atoms with van der Waals surface area (Å²) in [6, 6.07) is 3.47. The fourth-order valence-corrected chi connectivity index (χ4v) is 3.58. The zero-order chi connectivity index (χ0) is 15.0. The van der Waals surface area contributed by atoms with E-state index in [-0.39, 0.29) is 17.6 Å². The first-order valence-electron chi connectivity index (χ1n) is 8.32. The van der Waals surface area contributed by atoms with E-state index in [4.69, 9.17) is 13.9 Å². The zero-order valence-electron chi connectivity index (χ0n) is 12.8. The number of furan rings is 1. The SMILES string of the molecule is O=C(c1ccco1)N1CCC[C@@]2(C[C@@H](OCC3CC3)CO2)C1. The molecule has 5 nitrogen and oxygen atoms in total. The van der Waals surface area contributed by atoms with Gasteiger partial charge in [0.25, 0.3) is 5.91 Å². The average molecular weight is 305 g/mol. The first-order chi connectivity index (χ1) is 10.7. The highest BCUT2D eigenvalue weighted by molar-refractivity contribution is 5.91. The van der Waals surface area contributed by atoms with E-state index < -0.39 is 0 Å². The van der Waals surface area contributed by atoms with Gasteiger partial charge in [-0.1, -0.05) is 0 Å². The molecule has 1 saturated carbocycles. The van der Waals surface area contributed by atoms with E-state index in [2.05, 4.69) is 0 Å². The molecule has 2 aliphatic heterocycles. The van der Waals surface area contributed by atoms with Gasteiger partial charge >= 0.3 is 0 Å². The predicted molar refractivity (Wildman–Crippen MR) is 79.6 cm³/mol. The lowest BCUT2D eigenvalue weighted by Crippen LogP contribution is -2.50. The third-order valence-electron chi connectivity index (χ3n) is 5.00. The van der Waals surface area contributed by atoms with Crippen LogP contribution in [0.3, 0.4) is 0 Å². The van der Waals surface area contributed by atoms with Gasteiger partial charge in [-0.25, -0.2) is 0 Å². The van der Waals surface area contributed by atoms with Crippen LogP contribution in [0.15, 0.2) is 22.8 Å². The van der Waals surface area contributed by atoms with Crippen molar-refractivity contribution in [3.8, 4) is 0 Å². The average Bonchev–Trinajstić information content (AvgIpc) is 3.05. The van der Waals surface area contributed by atoms with E-state index in [1.54, 1.807) is 18.4 Å². The van der Waals surface area contributed by atoms with Crippen molar-refractivity contribution in [1.82, 2.24) is 4.90 Å². The lowest BCUT2D eigenvalue weighted by atomic mass is 9.89. The molecule has 0 bridgehead atoms. The molecule has 1 aliphatic carbocycles. The number of amides is 1. The van der Waals surface area contributed by atoms with Crippen LogP contribution in [0.25, 0.3) is 0 Å². The minimum Gasteiger partial charge on any atom is -0.459 e. The molecule has 1 aromatic rings. The third kappa shape index (κ3) is 2.92. The summed E-state index contributed by atoms with van der Waals surface area (Å²) >= 11 is 0. The number of piperidine rings is 1. The fraction of sp³-hybridized carbons (Fsp3) is 0.706. The van der Waals surface area contributed by atoms with Gasteiger partial charge in [-0.2, -0.15) is 0 Å². The van der Waals surface area contributed by atoms with E-state index in [1.807, 2.05) is 4.90 Å². The monoisotopic (exact) mass is 305 g/mol. The Morgan fingerprint density at radius 1 is 1.45 bits per heavy atom. The maximum Gasteiger partial charge on any atom is 0.289 e. The van der Waals surface area contributed by atoms with E-state index in [1.165, 1.54) is 12.8 Å². The molecule has 2 saturated heterocycles. The van der Waals surface area contributed by atoms with Crippen molar-refractivity contribution in [3.63, 3.8) is 0 Å². The Balaban J connectivity index is 1.37. The molecule has 3 aliphatic rings. The highest BCUT2D eigenvalue weighted by Gasteiger charge is 2.45. The molecule has 1 aromatic heterocycles. The van der Waals surface area contributed by atoms with Crippen LogP contribution in [0.5, 0.6) is 0 Å². The summed E-state index contributed by atoms with van der Waals surface area (Å²) in [6.07, 6.45) is 7.25. The quantitative estimate of drug-likeness (QED) is 0.857. The molecular formula is C17H23NO4. The fourth-order valence-electron chi connectivity index (χ4n) is 3.58. The summed E-state index contributed by atoms with van der Waals surface area (Å²) in [7, 11) is 0. The minimum absolute atomic E-state index is 0.0324. The van der Waals surface area contributed by atoms with Crippen LogP contribution in [0.1, 0.15) is 42.7 Å². The number of nitrogens with zero attached hydrogens (tertiary/aromatic N) is 1. The van der Waals surface area contributed by atoms with Crippen LogP contribution in [-0.2, 0) is 9.47 Å². The van der Waals surface area contributed by atoms with Crippen molar-refractivity contribution >= 4 is 5.91 Å². The van der Waals surface area contributed by atoms with E-state index in [9.17, 15) is 4.79 Å². The molecule has 0 radical (unpaired) electrons. The van der Waals surface area contributed by atoms with Crippen molar-refractivity contribution in [2.45, 2.75) is 43.8 Å². The molecule has 2 atom stereocenters. The van der Waals surface area contributed by atoms with Gasteiger partial charge in [0.1, 0.15) is 0 Å². The normalized spacial score (nSPS) is 31.8. The van der Waals surface area contributed by atoms with Gasteiger partial charge in [0.05, 0.1) is 31.1 Å². The smallest absolute Gasteiger partial charge is 0.289 e. The van der Waals surface area contributed by atoms with Gasteiger partial charge in [-0.15, -0.1) is 0 Å². The number of ether oxygens (including phenoxy) is 2. The number of likely N-dealkylation sites (tertiary alicyclic amines) is 1. The Kier molecular flexibility index (Phi) is 3.70. The Bertz CT molecular complexity index is 525. The molecule has 1 spiro atoms. The van der Waals surface area contributed by atoms with Crippen LogP contribution in [-0.4, -0.2) is 48.8 Å². The van der Waals surface area contributed by atoms with Gasteiger partial charge in [-0.3, -0.25) is 4.79 Å². The Hall–Kier alpha value is -1.33. The second kappa shape index (κ2) is 5.70. The Morgan fingerprint density at radius 2 is 2.36 bits per heavy atom. The first-order valence-corrected chi connectivity index (χ1v) is 8.32. The number of rotatable bonds is 4. The largest absolute Gasteiger partial charge is 0.459 e. The summed E-state index contributed by atoms with van der Waals surface area (Å²) in [5.74, 6) is 1.16. The second-order valence-corrected chi connectivity index (χ2v) is 6.90. The highest BCUT2D eigenvalue weighted by Crippen LogP contribution is 2.37. The van der Waals surface area contributed by atoms with Gasteiger partial charge < -0.3 is 18.8 Å². The second-order valence-electron chi connectivity index (χ2n) is 6.90. The first kappa shape index (κ1) is 14.3. The number of carbonyl (C=O) groups is 1. The molecule has 0 N–H and O–H groups in total. The molecule has 0 aromatic carbocycles. The minimum atomic E-state index is -0.214. The van der Waals surface area contributed by atoms with Crippen LogP contribution in [0.4, 0.5) is 0 Å². The third-order valence-corrected chi connectivity index (χ3v) is 5.00. The highest BCUT2D eigenvalue weighted by atomic mass is 16.6. The maximum absolute atomic E-state index is 12.5. The molecule has 3 heterocycles. The zero-order valence-corrected chi connectivity index (χ0v) is 12.8. The summed E-state index contributed by atoms with van der Waals surface area (Å²) in [5.41, 5.74) is -0.214. The summed E-state index contributed by atoms with van der Waals surface area (Å²) in [4.78, 5) is 14.3. The molecule has 0 unspecified atom stereocenters. The molecule has 120 valence electrons. The van der Waals surface area contributed by atoms with Crippen molar-refractivity contribution in [2.24, 2.45) is 5.92 Å². The summed E-state index contributed by atoms with van der Waals surface area (Å²) in [6.45, 7) is 2.96. The van der Waals surface area contributed by atoms with E-state index >= 15 is 0 Å². The van der Waals surface area contributed by atoms with Crippen molar-refractivity contribution in [3.05, 3.63) is 24.2 Å². The van der Waals surface area contributed by atoms with Crippen LogP contribution < -0.4 is 0 Å². The number of hydrogen-bond donors (Lipinski definition) is 0. The number of hydrogen-bond acceptors (Lipinski definition) is 4. The van der Waals surface area contributed by atoms with Crippen LogP contribution >= 0.6 is 0 Å². The Morgan fingerprint density at radius 3 is 3.14 bits per heavy atom. The number of carbonyl (C=O) groups excluding carboxylic acids is 1. The summed E-state index contributed by atoms with van der Waals surface area (Å²) < 4.78 is 17.3. The lowest BCUT2D eigenvalue weighted by Gasteiger charge is -2.39. The molecule has 5 heteroatoms. The maximum atomic E-state index is 12.5. The van der Waals surface area contributed by atoms with Gasteiger partial charge in [-0.05, 0) is 43.7 Å². The lowest BCUT2D eigenvalue weighted by molar-refractivity contribution is -0.0470. The van der Waals surface area contributed by atoms with Gasteiger partial charge in [0.15, 0.2) is 5.76 Å². The van der Waals surface area contributed by atoms with Crippen molar-refractivity contribution < 1.29 is 18.7 Å². The van der Waals surface area contributed by atoms with Crippen molar-refractivity contribution in [2.75, 3.05) is 26.3 Å². The molecule has 4 rings (SSSR count). The van der Waals surface area contributed by atoms with Crippen LogP contribution in [0.2, 0.25) is 0 Å². The van der Waals surface area contributed by atoms with Crippen LogP contribution in [0, 0.1) is 5.92 Å². The molecular weight excluding hydrogens is 282 g/mol. The summed E-state index contributed by atoms with van der Waals surface area (Å²) in [5, 5.41) is 0.